The van der Waals surface area contributed by atoms with Gasteiger partial charge in [-0.15, -0.1) is 0 Å². The zero-order valence-electron chi connectivity index (χ0n) is 15.3. The molecule has 28 heavy (non-hydrogen) atoms. The molecule has 1 aliphatic rings. The fourth-order valence-corrected chi connectivity index (χ4v) is 3.65. The summed E-state index contributed by atoms with van der Waals surface area (Å²) in [5, 5.41) is 0. The van der Waals surface area contributed by atoms with Crippen LogP contribution in [0.4, 0.5) is 10.1 Å². The van der Waals surface area contributed by atoms with Crippen LogP contribution in [0, 0.1) is 5.82 Å². The highest BCUT2D eigenvalue weighted by Gasteiger charge is 2.30. The van der Waals surface area contributed by atoms with Gasteiger partial charge in [0.05, 0.1) is 11.9 Å². The average Bonchev–Trinajstić information content (AvgIpc) is 3.24. The third-order valence-corrected chi connectivity index (χ3v) is 5.05. The molecule has 7 heteroatoms. The Bertz CT molecular complexity index is 938. The second-order valence-electron chi connectivity index (χ2n) is 6.74. The summed E-state index contributed by atoms with van der Waals surface area (Å²) in [6.07, 6.45) is 3.23. The number of anilines is 1. The SMILES string of the molecule is NC(=O)c1ccc(N2CCN(C(c3ccccc3)c3ncco3)CC2)c(F)c1. The Morgan fingerprint density at radius 3 is 2.46 bits per heavy atom. The molecule has 2 aromatic carbocycles. The molecule has 1 fully saturated rings. The van der Waals surface area contributed by atoms with Crippen molar-refractivity contribution in [1.29, 1.82) is 0 Å². The van der Waals surface area contributed by atoms with Gasteiger partial charge in [0.1, 0.15) is 18.1 Å². The molecule has 6 nitrogen and oxygen atoms in total. The van der Waals surface area contributed by atoms with Gasteiger partial charge in [-0.25, -0.2) is 9.37 Å². The number of aromatic nitrogens is 1. The molecular formula is C21H21FN4O2. The predicted octanol–water partition coefficient (Wildman–Crippen LogP) is 2.82. The number of oxazole rings is 1. The summed E-state index contributed by atoms with van der Waals surface area (Å²) in [7, 11) is 0. The first kappa shape index (κ1) is 18.2. The molecule has 0 spiro atoms. The van der Waals surface area contributed by atoms with Gasteiger partial charge in [0.25, 0.3) is 0 Å². The molecule has 0 radical (unpaired) electrons. The maximum absolute atomic E-state index is 14.5. The topological polar surface area (TPSA) is 75.6 Å². The van der Waals surface area contributed by atoms with E-state index in [1.165, 1.54) is 6.07 Å². The first-order valence-corrected chi connectivity index (χ1v) is 9.16. The molecule has 1 atom stereocenters. The van der Waals surface area contributed by atoms with E-state index in [1.54, 1.807) is 24.6 Å². The summed E-state index contributed by atoms with van der Waals surface area (Å²) in [5.41, 5.74) is 6.99. The maximum atomic E-state index is 14.5. The van der Waals surface area contributed by atoms with E-state index in [0.29, 0.717) is 24.7 Å². The van der Waals surface area contributed by atoms with E-state index >= 15 is 0 Å². The van der Waals surface area contributed by atoms with E-state index in [1.807, 2.05) is 23.1 Å². The Hall–Kier alpha value is -3.19. The summed E-state index contributed by atoms with van der Waals surface area (Å²) >= 11 is 0. The number of nitrogens with two attached hydrogens (primary N) is 1. The highest BCUT2D eigenvalue weighted by Crippen LogP contribution is 2.30. The summed E-state index contributed by atoms with van der Waals surface area (Å²) < 4.78 is 20.1. The molecule has 1 saturated heterocycles. The van der Waals surface area contributed by atoms with Crippen molar-refractivity contribution in [3.63, 3.8) is 0 Å². The second-order valence-corrected chi connectivity index (χ2v) is 6.74. The van der Waals surface area contributed by atoms with Crippen LogP contribution < -0.4 is 10.6 Å². The lowest BCUT2D eigenvalue weighted by Crippen LogP contribution is -2.48. The molecule has 0 aliphatic carbocycles. The van der Waals surface area contributed by atoms with Crippen molar-refractivity contribution in [3.05, 3.63) is 83.8 Å². The van der Waals surface area contributed by atoms with Crippen molar-refractivity contribution in [3.8, 4) is 0 Å². The van der Waals surface area contributed by atoms with Crippen molar-refractivity contribution < 1.29 is 13.6 Å². The molecule has 1 unspecified atom stereocenters. The van der Waals surface area contributed by atoms with Crippen LogP contribution in [0.15, 0.2) is 65.4 Å². The fourth-order valence-electron chi connectivity index (χ4n) is 3.65. The normalized spacial score (nSPS) is 16.1. The minimum absolute atomic E-state index is 0.0829. The monoisotopic (exact) mass is 380 g/mol. The van der Waals surface area contributed by atoms with Crippen LogP contribution in [-0.4, -0.2) is 42.0 Å². The van der Waals surface area contributed by atoms with Crippen LogP contribution in [0.1, 0.15) is 27.9 Å². The summed E-state index contributed by atoms with van der Waals surface area (Å²) in [4.78, 5) is 19.9. The van der Waals surface area contributed by atoms with E-state index in [2.05, 4.69) is 22.0 Å². The molecule has 1 amide bonds. The number of hydrogen-bond donors (Lipinski definition) is 1. The molecule has 0 bridgehead atoms. The Morgan fingerprint density at radius 1 is 1.11 bits per heavy atom. The fraction of sp³-hybridized carbons (Fsp3) is 0.238. The second kappa shape index (κ2) is 7.82. The zero-order valence-corrected chi connectivity index (χ0v) is 15.3. The standard InChI is InChI=1S/C21H21FN4O2/c22-17-14-16(20(23)27)6-7-18(17)25-9-11-26(12-10-25)19(21-24-8-13-28-21)15-4-2-1-3-5-15/h1-8,13-14,19H,9-12H2,(H2,23,27). The van der Waals surface area contributed by atoms with E-state index in [-0.39, 0.29) is 11.6 Å². The number of primary amides is 1. The van der Waals surface area contributed by atoms with Gasteiger partial charge in [-0.05, 0) is 23.8 Å². The van der Waals surface area contributed by atoms with Crippen LogP contribution in [0.2, 0.25) is 0 Å². The van der Waals surface area contributed by atoms with Crippen molar-refractivity contribution in [2.45, 2.75) is 6.04 Å². The van der Waals surface area contributed by atoms with E-state index < -0.39 is 11.7 Å². The van der Waals surface area contributed by atoms with Crippen LogP contribution in [-0.2, 0) is 0 Å². The molecule has 1 aliphatic heterocycles. The summed E-state index contributed by atoms with van der Waals surface area (Å²) in [6, 6.07) is 14.4. The molecule has 2 heterocycles. The minimum atomic E-state index is -0.632. The number of hydrogen-bond acceptors (Lipinski definition) is 5. The van der Waals surface area contributed by atoms with Gasteiger partial charge in [-0.2, -0.15) is 0 Å². The quantitative estimate of drug-likeness (QED) is 0.737. The molecule has 3 aromatic rings. The lowest BCUT2D eigenvalue weighted by Gasteiger charge is -2.39. The van der Waals surface area contributed by atoms with Crippen LogP contribution in [0.5, 0.6) is 0 Å². The molecule has 144 valence electrons. The third kappa shape index (κ3) is 3.61. The first-order chi connectivity index (χ1) is 13.6. The Morgan fingerprint density at radius 2 is 1.86 bits per heavy atom. The minimum Gasteiger partial charge on any atom is -0.447 e. The highest BCUT2D eigenvalue weighted by atomic mass is 19.1. The van der Waals surface area contributed by atoms with Crippen LogP contribution in [0.25, 0.3) is 0 Å². The number of carbonyl (C=O) groups is 1. The number of benzene rings is 2. The van der Waals surface area contributed by atoms with Gasteiger partial charge in [0.2, 0.25) is 11.8 Å². The van der Waals surface area contributed by atoms with Gasteiger partial charge >= 0.3 is 0 Å². The van der Waals surface area contributed by atoms with E-state index in [4.69, 9.17) is 10.2 Å². The van der Waals surface area contributed by atoms with E-state index in [9.17, 15) is 9.18 Å². The van der Waals surface area contributed by atoms with Crippen LogP contribution in [0.3, 0.4) is 0 Å². The van der Waals surface area contributed by atoms with Crippen molar-refractivity contribution in [2.24, 2.45) is 5.73 Å². The van der Waals surface area contributed by atoms with Crippen molar-refractivity contribution in [1.82, 2.24) is 9.88 Å². The van der Waals surface area contributed by atoms with Crippen molar-refractivity contribution in [2.75, 3.05) is 31.1 Å². The lowest BCUT2D eigenvalue weighted by atomic mass is 10.0. The van der Waals surface area contributed by atoms with Crippen LogP contribution >= 0.6 is 0 Å². The smallest absolute Gasteiger partial charge is 0.248 e. The number of rotatable bonds is 5. The number of piperazine rings is 1. The van der Waals surface area contributed by atoms with Gasteiger partial charge in [-0.1, -0.05) is 30.3 Å². The number of carbonyl (C=O) groups excluding carboxylic acids is 1. The molecule has 4 rings (SSSR count). The largest absolute Gasteiger partial charge is 0.447 e. The lowest BCUT2D eigenvalue weighted by molar-refractivity contribution is 0.1000. The molecular weight excluding hydrogens is 359 g/mol. The van der Waals surface area contributed by atoms with Gasteiger partial charge in [0, 0.05) is 31.7 Å². The Kier molecular flexibility index (Phi) is 5.08. The molecule has 2 N–H and O–H groups in total. The average molecular weight is 380 g/mol. The summed E-state index contributed by atoms with van der Waals surface area (Å²) in [6.45, 7) is 2.74. The Labute approximate surface area is 162 Å². The number of amides is 1. The third-order valence-electron chi connectivity index (χ3n) is 5.05. The summed E-state index contributed by atoms with van der Waals surface area (Å²) in [5.74, 6) is -0.416. The first-order valence-electron chi connectivity index (χ1n) is 9.16. The van der Waals surface area contributed by atoms with Gasteiger partial charge < -0.3 is 15.1 Å². The maximum Gasteiger partial charge on any atom is 0.248 e. The number of halogens is 1. The van der Waals surface area contributed by atoms with E-state index in [0.717, 1.165) is 18.7 Å². The predicted molar refractivity (Wildman–Crippen MR) is 103 cm³/mol. The molecule has 0 saturated carbocycles. The van der Waals surface area contributed by atoms with Crippen molar-refractivity contribution >= 4 is 11.6 Å². The zero-order chi connectivity index (χ0) is 19.5. The molecule has 1 aromatic heterocycles. The van der Waals surface area contributed by atoms with Gasteiger partial charge in [-0.3, -0.25) is 9.69 Å². The number of nitrogens with zero attached hydrogens (tertiary/aromatic N) is 3. The highest BCUT2D eigenvalue weighted by molar-refractivity contribution is 5.93. The van der Waals surface area contributed by atoms with Gasteiger partial charge in [0.15, 0.2) is 0 Å². The Balaban J connectivity index is 1.52.